The third-order valence-corrected chi connectivity index (χ3v) is 5.78. The molecule has 1 aromatic heterocycles. The van der Waals surface area contributed by atoms with E-state index in [1.165, 1.54) is 12.1 Å². The van der Waals surface area contributed by atoms with Gasteiger partial charge < -0.3 is 14.6 Å². The Kier molecular flexibility index (Phi) is 5.73. The lowest BCUT2D eigenvalue weighted by Crippen LogP contribution is -2.46. The molecule has 0 radical (unpaired) electrons. The van der Waals surface area contributed by atoms with Gasteiger partial charge in [0.2, 0.25) is 5.75 Å². The fraction of sp³-hybridized carbons (Fsp3) is 0.292. The van der Waals surface area contributed by atoms with Gasteiger partial charge in [0, 0.05) is 25.6 Å². The molecule has 9 heteroatoms. The molecule has 0 saturated heterocycles. The Balaban J connectivity index is 1.76. The first kappa shape index (κ1) is 22.6. The van der Waals surface area contributed by atoms with Crippen molar-refractivity contribution in [1.29, 1.82) is 0 Å². The third kappa shape index (κ3) is 4.22. The van der Waals surface area contributed by atoms with E-state index in [2.05, 4.69) is 4.98 Å². The molecule has 1 aliphatic heterocycles. The first-order valence-electron chi connectivity index (χ1n) is 10.5. The van der Waals surface area contributed by atoms with Gasteiger partial charge in [0.1, 0.15) is 5.82 Å². The van der Waals surface area contributed by atoms with Crippen LogP contribution in [0.1, 0.15) is 41.3 Å². The first-order valence-corrected chi connectivity index (χ1v) is 10.5. The molecular formula is C24H22F3N3O3. The molecule has 0 fully saturated rings. The van der Waals surface area contributed by atoms with Crippen molar-refractivity contribution in [3.8, 4) is 16.9 Å². The standard InChI is InChI=1S/C24H22F3N3O3/c1-14(2)29-11-12-30-19(28-22(32)21(31)20(30)23(29)33)13-16-5-3-4-6-18(16)15-7-9-17(10-8-15)24(25,26)27/h3-10,14,31H,11-13H2,1-2H3. The summed E-state index contributed by atoms with van der Waals surface area (Å²) in [6.07, 6.45) is -4.26. The summed E-state index contributed by atoms with van der Waals surface area (Å²) in [4.78, 5) is 30.9. The number of fused-ring (bicyclic) bond motifs is 1. The molecule has 0 aliphatic carbocycles. The Morgan fingerprint density at radius 1 is 1.03 bits per heavy atom. The van der Waals surface area contributed by atoms with E-state index in [9.17, 15) is 27.9 Å². The van der Waals surface area contributed by atoms with E-state index in [-0.39, 0.29) is 18.2 Å². The van der Waals surface area contributed by atoms with Gasteiger partial charge in [-0.1, -0.05) is 36.4 Å². The first-order chi connectivity index (χ1) is 15.6. The van der Waals surface area contributed by atoms with Crippen LogP contribution in [0.15, 0.2) is 53.3 Å². The Morgan fingerprint density at radius 3 is 2.33 bits per heavy atom. The van der Waals surface area contributed by atoms with E-state index >= 15 is 0 Å². The summed E-state index contributed by atoms with van der Waals surface area (Å²) in [6, 6.07) is 11.9. The van der Waals surface area contributed by atoms with Crippen molar-refractivity contribution < 1.29 is 23.1 Å². The van der Waals surface area contributed by atoms with Crippen molar-refractivity contribution in [2.24, 2.45) is 0 Å². The number of alkyl halides is 3. The van der Waals surface area contributed by atoms with Crippen LogP contribution in [0, 0.1) is 0 Å². The maximum Gasteiger partial charge on any atom is 0.416 e. The van der Waals surface area contributed by atoms with Crippen LogP contribution < -0.4 is 5.56 Å². The maximum atomic E-state index is 12.9. The fourth-order valence-electron chi connectivity index (χ4n) is 4.08. The number of aromatic nitrogens is 2. The van der Waals surface area contributed by atoms with Crippen molar-refractivity contribution in [2.45, 2.75) is 39.0 Å². The van der Waals surface area contributed by atoms with Gasteiger partial charge in [-0.05, 0) is 42.7 Å². The number of nitrogens with zero attached hydrogens (tertiary/aromatic N) is 3. The molecule has 1 N–H and O–H groups in total. The highest BCUT2D eigenvalue weighted by atomic mass is 19.4. The summed E-state index contributed by atoms with van der Waals surface area (Å²) in [5, 5.41) is 10.3. The highest BCUT2D eigenvalue weighted by Crippen LogP contribution is 2.32. The lowest BCUT2D eigenvalue weighted by molar-refractivity contribution is -0.137. The number of hydrogen-bond donors (Lipinski definition) is 1. The van der Waals surface area contributed by atoms with Crippen molar-refractivity contribution >= 4 is 5.91 Å². The molecule has 0 atom stereocenters. The minimum absolute atomic E-state index is 0.0861. The minimum Gasteiger partial charge on any atom is -0.501 e. The average Bonchev–Trinajstić information content (AvgIpc) is 2.77. The molecule has 1 amide bonds. The quantitative estimate of drug-likeness (QED) is 0.641. The Morgan fingerprint density at radius 2 is 1.70 bits per heavy atom. The largest absolute Gasteiger partial charge is 0.501 e. The minimum atomic E-state index is -4.43. The topological polar surface area (TPSA) is 75.4 Å². The van der Waals surface area contributed by atoms with Gasteiger partial charge in [-0.3, -0.25) is 9.59 Å². The van der Waals surface area contributed by atoms with E-state index < -0.39 is 29.0 Å². The molecule has 6 nitrogen and oxygen atoms in total. The fourth-order valence-corrected chi connectivity index (χ4v) is 4.08. The second-order valence-electron chi connectivity index (χ2n) is 8.18. The third-order valence-electron chi connectivity index (χ3n) is 5.78. The lowest BCUT2D eigenvalue weighted by Gasteiger charge is -2.34. The van der Waals surface area contributed by atoms with E-state index in [0.717, 1.165) is 17.7 Å². The Hall–Kier alpha value is -3.62. The summed E-state index contributed by atoms with van der Waals surface area (Å²) >= 11 is 0. The predicted molar refractivity (Wildman–Crippen MR) is 116 cm³/mol. The second kappa shape index (κ2) is 8.38. The molecule has 0 spiro atoms. The van der Waals surface area contributed by atoms with E-state index in [4.69, 9.17) is 0 Å². The highest BCUT2D eigenvalue weighted by molar-refractivity contribution is 5.95. The number of rotatable bonds is 4. The SMILES string of the molecule is CC(C)N1CCn2c(Cc3ccccc3-c3ccc(C(F)(F)F)cc3)nc(=O)c(O)c2C1=O. The smallest absolute Gasteiger partial charge is 0.416 e. The number of amides is 1. The van der Waals surface area contributed by atoms with Gasteiger partial charge in [-0.15, -0.1) is 0 Å². The molecule has 2 heterocycles. The van der Waals surface area contributed by atoms with E-state index in [1.54, 1.807) is 33.7 Å². The zero-order chi connectivity index (χ0) is 23.9. The highest BCUT2D eigenvalue weighted by Gasteiger charge is 2.32. The van der Waals surface area contributed by atoms with Crippen LogP contribution in [0.3, 0.4) is 0 Å². The van der Waals surface area contributed by atoms with Gasteiger partial charge in [0.25, 0.3) is 5.91 Å². The molecule has 172 valence electrons. The molecule has 0 saturated carbocycles. The zero-order valence-corrected chi connectivity index (χ0v) is 18.1. The predicted octanol–water partition coefficient (Wildman–Crippen LogP) is 4.09. The van der Waals surface area contributed by atoms with Crippen LogP contribution in [0.5, 0.6) is 5.75 Å². The Bertz CT molecular complexity index is 1260. The average molecular weight is 457 g/mol. The van der Waals surface area contributed by atoms with Crippen LogP contribution in [0.4, 0.5) is 13.2 Å². The molecule has 33 heavy (non-hydrogen) atoms. The molecule has 1 aliphatic rings. The zero-order valence-electron chi connectivity index (χ0n) is 18.1. The number of carbonyl (C=O) groups excluding carboxylic acids is 1. The van der Waals surface area contributed by atoms with Crippen LogP contribution in [-0.2, 0) is 19.1 Å². The summed E-state index contributed by atoms with van der Waals surface area (Å²) in [5.74, 6) is -0.806. The summed E-state index contributed by atoms with van der Waals surface area (Å²) in [6.45, 7) is 4.47. The second-order valence-corrected chi connectivity index (χ2v) is 8.18. The number of halogens is 3. The van der Waals surface area contributed by atoms with Crippen LogP contribution in [0.2, 0.25) is 0 Å². The van der Waals surface area contributed by atoms with Crippen molar-refractivity contribution in [2.75, 3.05) is 6.54 Å². The van der Waals surface area contributed by atoms with Gasteiger partial charge in [-0.25, -0.2) is 0 Å². The van der Waals surface area contributed by atoms with Crippen LogP contribution in [-0.4, -0.2) is 38.1 Å². The molecule has 4 rings (SSSR count). The van der Waals surface area contributed by atoms with Crippen LogP contribution >= 0.6 is 0 Å². The number of benzene rings is 2. The van der Waals surface area contributed by atoms with Gasteiger partial charge in [0.05, 0.1) is 5.56 Å². The molecule has 3 aromatic rings. The van der Waals surface area contributed by atoms with E-state index in [1.807, 2.05) is 13.8 Å². The van der Waals surface area contributed by atoms with E-state index in [0.29, 0.717) is 30.0 Å². The molecular weight excluding hydrogens is 435 g/mol. The Labute approximate surface area is 187 Å². The summed E-state index contributed by atoms with van der Waals surface area (Å²) in [7, 11) is 0. The maximum absolute atomic E-state index is 12.9. The van der Waals surface area contributed by atoms with Crippen LogP contribution in [0.25, 0.3) is 11.1 Å². The van der Waals surface area contributed by atoms with Crippen molar-refractivity contribution in [1.82, 2.24) is 14.5 Å². The normalized spacial score (nSPS) is 14.0. The van der Waals surface area contributed by atoms with Crippen molar-refractivity contribution in [3.63, 3.8) is 0 Å². The van der Waals surface area contributed by atoms with Gasteiger partial charge >= 0.3 is 11.7 Å². The summed E-state index contributed by atoms with van der Waals surface area (Å²) < 4.78 is 40.4. The van der Waals surface area contributed by atoms with Crippen molar-refractivity contribution in [3.05, 3.63) is 81.5 Å². The summed E-state index contributed by atoms with van der Waals surface area (Å²) in [5.41, 5.74) is 0.287. The molecule has 0 unspecified atom stereocenters. The van der Waals surface area contributed by atoms with Gasteiger partial charge in [0.15, 0.2) is 5.69 Å². The number of aromatic hydroxyl groups is 1. The number of hydrogen-bond acceptors (Lipinski definition) is 4. The lowest BCUT2D eigenvalue weighted by atomic mass is 9.96. The van der Waals surface area contributed by atoms with Gasteiger partial charge in [-0.2, -0.15) is 18.2 Å². The molecule has 2 aromatic carbocycles. The molecule has 0 bridgehead atoms. The monoisotopic (exact) mass is 457 g/mol. The number of carbonyl (C=O) groups is 1.